The molecule has 1 aromatic rings. The number of nitrogens with zero attached hydrogens (tertiary/aromatic N) is 1. The van der Waals surface area contributed by atoms with Gasteiger partial charge in [-0.25, -0.2) is 0 Å². The van der Waals surface area contributed by atoms with E-state index in [0.29, 0.717) is 30.2 Å². The molecule has 1 aromatic carbocycles. The lowest BCUT2D eigenvalue weighted by Gasteiger charge is -2.21. The average molecular weight is 247 g/mol. The van der Waals surface area contributed by atoms with Crippen molar-refractivity contribution in [2.24, 2.45) is 5.92 Å². The van der Waals surface area contributed by atoms with Crippen LogP contribution in [0.3, 0.4) is 0 Å². The van der Waals surface area contributed by atoms with E-state index >= 15 is 0 Å². The molecule has 0 bridgehead atoms. The van der Waals surface area contributed by atoms with Gasteiger partial charge in [0, 0.05) is 18.9 Å². The number of amides is 1. The van der Waals surface area contributed by atoms with Gasteiger partial charge in [0.2, 0.25) is 5.91 Å². The number of hydrogen-bond donors (Lipinski definition) is 0. The molecule has 0 radical (unpaired) electrons. The Bertz CT molecular complexity index is 448. The van der Waals surface area contributed by atoms with Crippen molar-refractivity contribution in [1.82, 2.24) is 0 Å². The Morgan fingerprint density at radius 1 is 1.33 bits per heavy atom. The third-order valence-corrected chi connectivity index (χ3v) is 3.16. The van der Waals surface area contributed by atoms with Crippen LogP contribution in [-0.2, 0) is 4.79 Å². The third kappa shape index (κ3) is 2.06. The highest BCUT2D eigenvalue weighted by molar-refractivity contribution is 5.99. The maximum atomic E-state index is 12.0. The Hall–Kier alpha value is -1.97. The van der Waals surface area contributed by atoms with E-state index in [0.717, 1.165) is 0 Å². The first-order chi connectivity index (χ1) is 8.71. The molecule has 18 heavy (non-hydrogen) atoms. The normalized spacial score (nSPS) is 18.9. The number of benzene rings is 1. The predicted octanol–water partition coefficient (Wildman–Crippen LogP) is 2.24. The Morgan fingerprint density at radius 2 is 1.94 bits per heavy atom. The smallest absolute Gasteiger partial charge is 0.227 e. The number of ether oxygens (including phenoxy) is 2. The molecule has 1 fully saturated rings. The Balaban J connectivity index is 2.43. The van der Waals surface area contributed by atoms with Crippen molar-refractivity contribution >= 4 is 11.6 Å². The van der Waals surface area contributed by atoms with Crippen LogP contribution in [0.25, 0.3) is 0 Å². The summed E-state index contributed by atoms with van der Waals surface area (Å²) >= 11 is 0. The van der Waals surface area contributed by atoms with Crippen LogP contribution in [-0.4, -0.2) is 26.7 Å². The standard InChI is InChI=1S/C14H17NO3/c1-4-10-8-13(16)15(9-10)14-11(17-2)6-5-7-12(14)18-3/h4-7,10H,1,8-9H2,2-3H3. The zero-order chi connectivity index (χ0) is 13.1. The lowest BCUT2D eigenvalue weighted by Crippen LogP contribution is -2.25. The van der Waals surface area contributed by atoms with Gasteiger partial charge in [-0.15, -0.1) is 6.58 Å². The first kappa shape index (κ1) is 12.5. The molecule has 4 heteroatoms. The second kappa shape index (κ2) is 5.12. The number of methoxy groups -OCH3 is 2. The summed E-state index contributed by atoms with van der Waals surface area (Å²) in [5.74, 6) is 1.55. The van der Waals surface area contributed by atoms with Gasteiger partial charge in [-0.3, -0.25) is 4.79 Å². The maximum absolute atomic E-state index is 12.0. The van der Waals surface area contributed by atoms with E-state index in [1.807, 2.05) is 24.3 Å². The second-order valence-corrected chi connectivity index (χ2v) is 4.22. The van der Waals surface area contributed by atoms with E-state index < -0.39 is 0 Å². The molecule has 1 aliphatic heterocycles. The number of carbonyl (C=O) groups is 1. The number of anilines is 1. The zero-order valence-corrected chi connectivity index (χ0v) is 10.7. The van der Waals surface area contributed by atoms with E-state index in [9.17, 15) is 4.79 Å². The fourth-order valence-corrected chi connectivity index (χ4v) is 2.21. The summed E-state index contributed by atoms with van der Waals surface area (Å²) in [6.45, 7) is 4.37. The van der Waals surface area contributed by atoms with Crippen LogP contribution in [0.1, 0.15) is 6.42 Å². The van der Waals surface area contributed by atoms with Crippen molar-refractivity contribution in [3.05, 3.63) is 30.9 Å². The largest absolute Gasteiger partial charge is 0.494 e. The number of rotatable bonds is 4. The molecular weight excluding hydrogens is 230 g/mol. The maximum Gasteiger partial charge on any atom is 0.227 e. The van der Waals surface area contributed by atoms with Gasteiger partial charge < -0.3 is 14.4 Å². The van der Waals surface area contributed by atoms with Gasteiger partial charge in [-0.2, -0.15) is 0 Å². The lowest BCUT2D eigenvalue weighted by atomic mass is 10.1. The minimum Gasteiger partial charge on any atom is -0.494 e. The third-order valence-electron chi connectivity index (χ3n) is 3.16. The van der Waals surface area contributed by atoms with Gasteiger partial charge in [-0.05, 0) is 12.1 Å². The Morgan fingerprint density at radius 3 is 2.39 bits per heavy atom. The van der Waals surface area contributed by atoms with Crippen LogP contribution in [0, 0.1) is 5.92 Å². The predicted molar refractivity (Wildman–Crippen MR) is 70.2 cm³/mol. The Kier molecular flexibility index (Phi) is 3.55. The Labute approximate surface area is 107 Å². The quantitative estimate of drug-likeness (QED) is 0.766. The molecule has 0 N–H and O–H groups in total. The molecule has 1 aliphatic rings. The molecule has 0 spiro atoms. The molecule has 0 aliphatic carbocycles. The summed E-state index contributed by atoms with van der Waals surface area (Å²) in [7, 11) is 3.17. The van der Waals surface area contributed by atoms with Crippen molar-refractivity contribution in [3.63, 3.8) is 0 Å². The number of hydrogen-bond acceptors (Lipinski definition) is 3. The van der Waals surface area contributed by atoms with Gasteiger partial charge >= 0.3 is 0 Å². The molecule has 1 amide bonds. The average Bonchev–Trinajstić information content (AvgIpc) is 2.78. The zero-order valence-electron chi connectivity index (χ0n) is 10.7. The fourth-order valence-electron chi connectivity index (χ4n) is 2.21. The highest BCUT2D eigenvalue weighted by atomic mass is 16.5. The summed E-state index contributed by atoms with van der Waals surface area (Å²) in [6, 6.07) is 5.49. The molecule has 1 unspecified atom stereocenters. The fraction of sp³-hybridized carbons (Fsp3) is 0.357. The van der Waals surface area contributed by atoms with E-state index in [-0.39, 0.29) is 11.8 Å². The van der Waals surface area contributed by atoms with Crippen LogP contribution >= 0.6 is 0 Å². The lowest BCUT2D eigenvalue weighted by molar-refractivity contribution is -0.117. The first-order valence-corrected chi connectivity index (χ1v) is 5.85. The van der Waals surface area contributed by atoms with Gasteiger partial charge in [0.25, 0.3) is 0 Å². The van der Waals surface area contributed by atoms with E-state index in [2.05, 4.69) is 6.58 Å². The van der Waals surface area contributed by atoms with Crippen molar-refractivity contribution in [1.29, 1.82) is 0 Å². The van der Waals surface area contributed by atoms with E-state index in [4.69, 9.17) is 9.47 Å². The van der Waals surface area contributed by atoms with Gasteiger partial charge in [0.15, 0.2) is 0 Å². The molecule has 96 valence electrons. The second-order valence-electron chi connectivity index (χ2n) is 4.22. The summed E-state index contributed by atoms with van der Waals surface area (Å²) in [5.41, 5.74) is 0.705. The molecule has 1 saturated heterocycles. The summed E-state index contributed by atoms with van der Waals surface area (Å²) in [5, 5.41) is 0. The highest BCUT2D eigenvalue weighted by Gasteiger charge is 2.32. The van der Waals surface area contributed by atoms with Gasteiger partial charge in [0.1, 0.15) is 17.2 Å². The van der Waals surface area contributed by atoms with Crippen molar-refractivity contribution < 1.29 is 14.3 Å². The minimum atomic E-state index is 0.0719. The molecule has 1 heterocycles. The molecule has 2 rings (SSSR count). The first-order valence-electron chi connectivity index (χ1n) is 5.85. The molecule has 4 nitrogen and oxygen atoms in total. The van der Waals surface area contributed by atoms with Crippen molar-refractivity contribution in [2.45, 2.75) is 6.42 Å². The molecular formula is C14H17NO3. The molecule has 0 saturated carbocycles. The monoisotopic (exact) mass is 247 g/mol. The summed E-state index contributed by atoms with van der Waals surface area (Å²) < 4.78 is 10.6. The van der Waals surface area contributed by atoms with Crippen LogP contribution in [0.15, 0.2) is 30.9 Å². The van der Waals surface area contributed by atoms with Gasteiger partial charge in [0.05, 0.1) is 14.2 Å². The van der Waals surface area contributed by atoms with E-state index in [1.54, 1.807) is 19.1 Å². The van der Waals surface area contributed by atoms with Crippen LogP contribution in [0.4, 0.5) is 5.69 Å². The van der Waals surface area contributed by atoms with Crippen molar-refractivity contribution in [3.8, 4) is 11.5 Å². The minimum absolute atomic E-state index is 0.0719. The summed E-state index contributed by atoms with van der Waals surface area (Å²) in [4.78, 5) is 13.8. The van der Waals surface area contributed by atoms with E-state index in [1.165, 1.54) is 0 Å². The van der Waals surface area contributed by atoms with Crippen LogP contribution in [0.2, 0.25) is 0 Å². The molecule has 0 aromatic heterocycles. The van der Waals surface area contributed by atoms with Gasteiger partial charge in [-0.1, -0.05) is 12.1 Å². The molecule has 1 atom stereocenters. The summed E-state index contributed by atoms with van der Waals surface area (Å²) in [6.07, 6.45) is 2.31. The van der Waals surface area contributed by atoms with Crippen LogP contribution in [0.5, 0.6) is 11.5 Å². The van der Waals surface area contributed by atoms with Crippen LogP contribution < -0.4 is 14.4 Å². The SMILES string of the molecule is C=CC1CC(=O)N(c2c(OC)cccc2OC)C1. The van der Waals surface area contributed by atoms with Crippen molar-refractivity contribution in [2.75, 3.05) is 25.7 Å². The number of carbonyl (C=O) groups excluding carboxylic acids is 1. The topological polar surface area (TPSA) is 38.8 Å². The number of para-hydroxylation sites is 1. The highest BCUT2D eigenvalue weighted by Crippen LogP contribution is 2.40.